The molecule has 1 saturated heterocycles. The summed E-state index contributed by atoms with van der Waals surface area (Å²) in [7, 11) is 0. The lowest BCUT2D eigenvalue weighted by Gasteiger charge is -2.32. The van der Waals surface area contributed by atoms with Crippen molar-refractivity contribution in [3.63, 3.8) is 0 Å². The van der Waals surface area contributed by atoms with E-state index in [9.17, 15) is 0 Å². The molecule has 0 unspecified atom stereocenters. The largest absolute Gasteiger partial charge is 0.491 e. The van der Waals surface area contributed by atoms with Crippen molar-refractivity contribution in [3.8, 4) is 5.75 Å². The molecule has 4 rings (SSSR count). The van der Waals surface area contributed by atoms with E-state index >= 15 is 0 Å². The van der Waals surface area contributed by atoms with Gasteiger partial charge in [0.15, 0.2) is 5.11 Å². The van der Waals surface area contributed by atoms with E-state index in [1.165, 1.54) is 22.3 Å². The number of anilines is 1. The second kappa shape index (κ2) is 10.5. The smallest absolute Gasteiger partial charge is 0.173 e. The van der Waals surface area contributed by atoms with Gasteiger partial charge < -0.3 is 15.0 Å². The molecule has 3 aromatic rings. The number of hydrogen-bond donors (Lipinski definition) is 1. The Bertz CT molecular complexity index is 1010. The topological polar surface area (TPSA) is 24.5 Å². The molecule has 0 spiro atoms. The van der Waals surface area contributed by atoms with Crippen LogP contribution in [0.2, 0.25) is 0 Å². The SMILES string of the molecule is CC(C)Oc1ccc(NC(=S)N2CCC(=C(c3ccccc3)c3ccccc3)CC2)cc1. The number of ether oxygens (including phenoxy) is 1. The Balaban J connectivity index is 1.45. The Morgan fingerprint density at radius 3 is 1.84 bits per heavy atom. The third-order valence-corrected chi connectivity index (χ3v) is 5.97. The maximum atomic E-state index is 5.72. The van der Waals surface area contributed by atoms with Gasteiger partial charge in [0.25, 0.3) is 0 Å². The molecule has 0 amide bonds. The van der Waals surface area contributed by atoms with E-state index in [-0.39, 0.29) is 6.10 Å². The summed E-state index contributed by atoms with van der Waals surface area (Å²) in [4.78, 5) is 2.27. The van der Waals surface area contributed by atoms with Crippen molar-refractivity contribution >= 4 is 28.6 Å². The van der Waals surface area contributed by atoms with Crippen LogP contribution in [0, 0.1) is 0 Å². The van der Waals surface area contributed by atoms with E-state index in [4.69, 9.17) is 17.0 Å². The van der Waals surface area contributed by atoms with Crippen molar-refractivity contribution in [2.45, 2.75) is 32.8 Å². The van der Waals surface area contributed by atoms with Crippen LogP contribution in [-0.4, -0.2) is 29.2 Å². The molecule has 1 fully saturated rings. The first kappa shape index (κ1) is 22.1. The first-order chi connectivity index (χ1) is 15.6. The van der Waals surface area contributed by atoms with Gasteiger partial charge in [0.2, 0.25) is 0 Å². The lowest BCUT2D eigenvalue weighted by molar-refractivity contribution is 0.242. The van der Waals surface area contributed by atoms with E-state index < -0.39 is 0 Å². The second-order valence-corrected chi connectivity index (χ2v) is 8.71. The van der Waals surface area contributed by atoms with Gasteiger partial charge in [0.1, 0.15) is 5.75 Å². The summed E-state index contributed by atoms with van der Waals surface area (Å²) >= 11 is 5.72. The average Bonchev–Trinajstić information content (AvgIpc) is 2.82. The molecule has 0 saturated carbocycles. The highest BCUT2D eigenvalue weighted by molar-refractivity contribution is 7.80. The van der Waals surface area contributed by atoms with Crippen LogP contribution >= 0.6 is 12.2 Å². The van der Waals surface area contributed by atoms with E-state index in [0.29, 0.717) is 0 Å². The lowest BCUT2D eigenvalue weighted by Crippen LogP contribution is -2.39. The molecule has 1 heterocycles. The number of nitrogens with zero attached hydrogens (tertiary/aromatic N) is 1. The standard InChI is InChI=1S/C28H30N2OS/c1-21(2)31-26-15-13-25(14-16-26)29-28(32)30-19-17-24(18-20-30)27(22-9-5-3-6-10-22)23-11-7-4-8-12-23/h3-16,21H,17-20H2,1-2H3,(H,29,32). The third-order valence-electron chi connectivity index (χ3n) is 5.61. The van der Waals surface area contributed by atoms with Crippen LogP contribution in [0.5, 0.6) is 5.75 Å². The number of likely N-dealkylation sites (tertiary alicyclic amines) is 1. The average molecular weight is 443 g/mol. The lowest BCUT2D eigenvalue weighted by atomic mass is 9.88. The summed E-state index contributed by atoms with van der Waals surface area (Å²) in [6.07, 6.45) is 2.17. The highest BCUT2D eigenvalue weighted by Gasteiger charge is 2.20. The van der Waals surface area contributed by atoms with Gasteiger partial charge in [-0.15, -0.1) is 0 Å². The van der Waals surface area contributed by atoms with Gasteiger partial charge in [-0.3, -0.25) is 0 Å². The molecule has 0 radical (unpaired) electrons. The monoisotopic (exact) mass is 442 g/mol. The number of thiocarbonyl (C=S) groups is 1. The summed E-state index contributed by atoms with van der Waals surface area (Å²) in [5.74, 6) is 0.874. The van der Waals surface area contributed by atoms with Gasteiger partial charge >= 0.3 is 0 Å². The van der Waals surface area contributed by atoms with Crippen LogP contribution < -0.4 is 10.1 Å². The molecule has 3 aromatic carbocycles. The molecule has 3 nitrogen and oxygen atoms in total. The first-order valence-corrected chi connectivity index (χ1v) is 11.7. The minimum absolute atomic E-state index is 0.169. The molecule has 0 atom stereocenters. The van der Waals surface area contributed by atoms with E-state index in [0.717, 1.165) is 42.5 Å². The summed E-state index contributed by atoms with van der Waals surface area (Å²) in [5, 5.41) is 4.17. The molecule has 32 heavy (non-hydrogen) atoms. The van der Waals surface area contributed by atoms with E-state index in [1.54, 1.807) is 0 Å². The van der Waals surface area contributed by atoms with E-state index in [2.05, 4.69) is 70.9 Å². The van der Waals surface area contributed by atoms with Gasteiger partial charge in [-0.2, -0.15) is 0 Å². The maximum absolute atomic E-state index is 5.72. The van der Waals surface area contributed by atoms with E-state index in [1.807, 2.05) is 38.1 Å². The van der Waals surface area contributed by atoms with Crippen LogP contribution in [0.25, 0.3) is 5.57 Å². The Labute approximate surface area is 196 Å². The van der Waals surface area contributed by atoms with Crippen molar-refractivity contribution in [1.29, 1.82) is 0 Å². The van der Waals surface area contributed by atoms with Crippen molar-refractivity contribution in [1.82, 2.24) is 4.90 Å². The fourth-order valence-electron chi connectivity index (χ4n) is 4.11. The molecular formula is C28H30N2OS. The molecule has 1 aliphatic rings. The van der Waals surface area contributed by atoms with Crippen molar-refractivity contribution in [3.05, 3.63) is 102 Å². The predicted octanol–water partition coefficient (Wildman–Crippen LogP) is 6.77. The van der Waals surface area contributed by atoms with Crippen molar-refractivity contribution < 1.29 is 4.74 Å². The van der Waals surface area contributed by atoms with Crippen LogP contribution in [0.3, 0.4) is 0 Å². The van der Waals surface area contributed by atoms with Crippen molar-refractivity contribution in [2.24, 2.45) is 0 Å². The Morgan fingerprint density at radius 2 is 1.34 bits per heavy atom. The molecular weight excluding hydrogens is 412 g/mol. The fourth-order valence-corrected chi connectivity index (χ4v) is 4.41. The fraction of sp³-hybridized carbons (Fsp3) is 0.250. The summed E-state index contributed by atoms with van der Waals surface area (Å²) in [6, 6.07) is 29.4. The minimum Gasteiger partial charge on any atom is -0.491 e. The Kier molecular flexibility index (Phi) is 7.23. The summed E-state index contributed by atoms with van der Waals surface area (Å²) < 4.78 is 5.72. The maximum Gasteiger partial charge on any atom is 0.173 e. The highest BCUT2D eigenvalue weighted by atomic mass is 32.1. The van der Waals surface area contributed by atoms with Crippen LogP contribution in [0.15, 0.2) is 90.5 Å². The number of nitrogens with one attached hydrogen (secondary N) is 1. The zero-order valence-electron chi connectivity index (χ0n) is 18.8. The van der Waals surface area contributed by atoms with Crippen molar-refractivity contribution in [2.75, 3.05) is 18.4 Å². The van der Waals surface area contributed by atoms with Crippen LogP contribution in [-0.2, 0) is 0 Å². The molecule has 164 valence electrons. The zero-order chi connectivity index (χ0) is 22.3. The molecule has 0 bridgehead atoms. The Hall–Kier alpha value is -3.11. The van der Waals surface area contributed by atoms with Gasteiger partial charge in [-0.05, 0) is 79.9 Å². The Morgan fingerprint density at radius 1 is 0.812 bits per heavy atom. The van der Waals surface area contributed by atoms with Gasteiger partial charge in [0, 0.05) is 18.8 Å². The third kappa shape index (κ3) is 5.57. The van der Waals surface area contributed by atoms with Gasteiger partial charge in [-0.25, -0.2) is 0 Å². The zero-order valence-corrected chi connectivity index (χ0v) is 19.6. The first-order valence-electron chi connectivity index (χ1n) is 11.3. The predicted molar refractivity (Wildman–Crippen MR) is 138 cm³/mol. The number of rotatable bonds is 5. The number of benzene rings is 3. The van der Waals surface area contributed by atoms with Crippen LogP contribution in [0.4, 0.5) is 5.69 Å². The minimum atomic E-state index is 0.169. The van der Waals surface area contributed by atoms with Gasteiger partial charge in [0.05, 0.1) is 6.10 Å². The van der Waals surface area contributed by atoms with Crippen LogP contribution in [0.1, 0.15) is 37.8 Å². The number of hydrogen-bond acceptors (Lipinski definition) is 2. The summed E-state index contributed by atoms with van der Waals surface area (Å²) in [6.45, 7) is 5.89. The highest BCUT2D eigenvalue weighted by Crippen LogP contribution is 2.32. The molecule has 4 heteroatoms. The second-order valence-electron chi connectivity index (χ2n) is 8.32. The van der Waals surface area contributed by atoms with Gasteiger partial charge in [-0.1, -0.05) is 66.2 Å². The molecule has 0 aliphatic carbocycles. The quantitative estimate of drug-likeness (QED) is 0.441. The normalized spacial score (nSPS) is 13.7. The number of piperidine rings is 1. The molecule has 1 N–H and O–H groups in total. The molecule has 1 aliphatic heterocycles. The molecule has 0 aromatic heterocycles. The summed E-state index contributed by atoms with van der Waals surface area (Å²) in [5.41, 5.74) is 6.42.